The van der Waals surface area contributed by atoms with Gasteiger partial charge in [0.25, 0.3) is 0 Å². The molecule has 0 aliphatic heterocycles. The largest absolute Gasteiger partial charge is 0.417 e. The first-order valence-corrected chi connectivity index (χ1v) is 6.67. The fourth-order valence-corrected chi connectivity index (χ4v) is 2.35. The van der Waals surface area contributed by atoms with Gasteiger partial charge in [0.15, 0.2) is 5.78 Å². The first-order valence-electron chi connectivity index (χ1n) is 5.88. The Morgan fingerprint density at radius 2 is 1.76 bits per heavy atom. The van der Waals surface area contributed by atoms with Gasteiger partial charge in [-0.1, -0.05) is 22.0 Å². The standard InChI is InChI=1S/C15H9BrF4O/c1-8-2-4-10(17)7-11(8)14(21)9-3-5-13(16)12(6-9)15(18,19)20/h2-7H,1H3. The van der Waals surface area contributed by atoms with Gasteiger partial charge in [-0.05, 0) is 42.8 Å². The second-order valence-electron chi connectivity index (χ2n) is 4.48. The zero-order valence-electron chi connectivity index (χ0n) is 10.8. The first kappa shape index (κ1) is 15.7. The summed E-state index contributed by atoms with van der Waals surface area (Å²) in [6.45, 7) is 1.59. The minimum absolute atomic E-state index is 0.0467. The van der Waals surface area contributed by atoms with E-state index in [4.69, 9.17) is 0 Å². The van der Waals surface area contributed by atoms with Crippen molar-refractivity contribution in [1.29, 1.82) is 0 Å². The van der Waals surface area contributed by atoms with Gasteiger partial charge in [-0.3, -0.25) is 4.79 Å². The highest BCUT2D eigenvalue weighted by atomic mass is 79.9. The molecule has 110 valence electrons. The van der Waals surface area contributed by atoms with Crippen molar-refractivity contribution in [2.45, 2.75) is 13.1 Å². The van der Waals surface area contributed by atoms with Crippen LogP contribution in [0.15, 0.2) is 40.9 Å². The van der Waals surface area contributed by atoms with Crippen molar-refractivity contribution in [2.75, 3.05) is 0 Å². The van der Waals surface area contributed by atoms with Crippen LogP contribution in [0.25, 0.3) is 0 Å². The van der Waals surface area contributed by atoms with Crippen molar-refractivity contribution in [3.8, 4) is 0 Å². The summed E-state index contributed by atoms with van der Waals surface area (Å²) in [4.78, 5) is 12.3. The highest BCUT2D eigenvalue weighted by molar-refractivity contribution is 9.10. The minimum Gasteiger partial charge on any atom is -0.289 e. The second kappa shape index (κ2) is 5.60. The average Bonchev–Trinajstić information content (AvgIpc) is 2.40. The van der Waals surface area contributed by atoms with Crippen LogP contribution in [-0.2, 0) is 6.18 Å². The van der Waals surface area contributed by atoms with Gasteiger partial charge in [-0.15, -0.1) is 0 Å². The minimum atomic E-state index is -4.58. The van der Waals surface area contributed by atoms with Gasteiger partial charge < -0.3 is 0 Å². The molecule has 0 heterocycles. The van der Waals surface area contributed by atoms with Gasteiger partial charge in [0.1, 0.15) is 5.82 Å². The van der Waals surface area contributed by atoms with E-state index in [1.54, 1.807) is 6.92 Å². The topological polar surface area (TPSA) is 17.1 Å². The summed E-state index contributed by atoms with van der Waals surface area (Å²) in [6, 6.07) is 6.81. The molecular formula is C15H9BrF4O. The molecule has 0 aliphatic carbocycles. The second-order valence-corrected chi connectivity index (χ2v) is 5.34. The highest BCUT2D eigenvalue weighted by Crippen LogP contribution is 2.35. The van der Waals surface area contributed by atoms with E-state index in [-0.39, 0.29) is 15.6 Å². The lowest BCUT2D eigenvalue weighted by molar-refractivity contribution is -0.138. The average molecular weight is 361 g/mol. The Balaban J connectivity index is 2.52. The van der Waals surface area contributed by atoms with Crippen LogP contribution in [0.2, 0.25) is 0 Å². The maximum absolute atomic E-state index is 13.2. The molecule has 2 aromatic carbocycles. The lowest BCUT2D eigenvalue weighted by atomic mass is 9.97. The number of hydrogen-bond donors (Lipinski definition) is 0. The van der Waals surface area contributed by atoms with Crippen molar-refractivity contribution in [3.63, 3.8) is 0 Å². The van der Waals surface area contributed by atoms with Crippen molar-refractivity contribution in [3.05, 3.63) is 68.9 Å². The molecule has 0 bridgehead atoms. The Hall–Kier alpha value is -1.69. The normalized spacial score (nSPS) is 11.5. The van der Waals surface area contributed by atoms with E-state index < -0.39 is 23.3 Å². The number of carbonyl (C=O) groups is 1. The molecule has 0 saturated carbocycles. The van der Waals surface area contributed by atoms with Crippen molar-refractivity contribution >= 4 is 21.7 Å². The summed E-state index contributed by atoms with van der Waals surface area (Å²) in [7, 11) is 0. The van der Waals surface area contributed by atoms with Crippen molar-refractivity contribution in [1.82, 2.24) is 0 Å². The first-order chi connectivity index (χ1) is 9.70. The number of benzene rings is 2. The molecule has 2 aromatic rings. The molecule has 0 radical (unpaired) electrons. The molecule has 21 heavy (non-hydrogen) atoms. The van der Waals surface area contributed by atoms with Crippen LogP contribution >= 0.6 is 15.9 Å². The van der Waals surface area contributed by atoms with Gasteiger partial charge in [-0.2, -0.15) is 13.2 Å². The summed E-state index contributed by atoms with van der Waals surface area (Å²) >= 11 is 2.81. The van der Waals surface area contributed by atoms with E-state index in [1.807, 2.05) is 0 Å². The highest BCUT2D eigenvalue weighted by Gasteiger charge is 2.33. The number of halogens is 5. The molecular weight excluding hydrogens is 352 g/mol. The van der Waals surface area contributed by atoms with Crippen LogP contribution in [0.1, 0.15) is 27.0 Å². The maximum atomic E-state index is 13.2. The van der Waals surface area contributed by atoms with Crippen LogP contribution in [-0.4, -0.2) is 5.78 Å². The Bertz CT molecular complexity index is 707. The number of ketones is 1. The Morgan fingerprint density at radius 3 is 2.38 bits per heavy atom. The number of aryl methyl sites for hydroxylation is 1. The number of hydrogen-bond acceptors (Lipinski definition) is 1. The van der Waals surface area contributed by atoms with Gasteiger partial charge in [-0.25, -0.2) is 4.39 Å². The molecule has 0 spiro atoms. The summed E-state index contributed by atoms with van der Waals surface area (Å²) in [5.74, 6) is -1.26. The summed E-state index contributed by atoms with van der Waals surface area (Å²) in [5.41, 5.74) is -0.537. The van der Waals surface area contributed by atoms with E-state index in [0.717, 1.165) is 18.2 Å². The third kappa shape index (κ3) is 3.32. The van der Waals surface area contributed by atoms with E-state index in [0.29, 0.717) is 5.56 Å². The fourth-order valence-electron chi connectivity index (χ4n) is 1.88. The lowest BCUT2D eigenvalue weighted by Crippen LogP contribution is -2.10. The molecule has 0 saturated heterocycles. The maximum Gasteiger partial charge on any atom is 0.417 e. The molecule has 0 aromatic heterocycles. The Labute approximate surface area is 126 Å². The van der Waals surface area contributed by atoms with Crippen molar-refractivity contribution < 1.29 is 22.4 Å². The SMILES string of the molecule is Cc1ccc(F)cc1C(=O)c1ccc(Br)c(C(F)(F)F)c1. The zero-order valence-corrected chi connectivity index (χ0v) is 12.3. The molecule has 1 nitrogen and oxygen atoms in total. The Kier molecular flexibility index (Phi) is 4.18. The van der Waals surface area contributed by atoms with Crippen LogP contribution in [0, 0.1) is 12.7 Å². The molecule has 2 rings (SSSR count). The van der Waals surface area contributed by atoms with Gasteiger partial charge in [0.05, 0.1) is 5.56 Å². The zero-order chi connectivity index (χ0) is 15.8. The monoisotopic (exact) mass is 360 g/mol. The van der Waals surface area contributed by atoms with E-state index >= 15 is 0 Å². The fraction of sp³-hybridized carbons (Fsp3) is 0.133. The van der Waals surface area contributed by atoms with Gasteiger partial charge in [0, 0.05) is 15.6 Å². The van der Waals surface area contributed by atoms with E-state index in [2.05, 4.69) is 15.9 Å². The molecule has 6 heteroatoms. The van der Waals surface area contributed by atoms with Crippen LogP contribution < -0.4 is 0 Å². The van der Waals surface area contributed by atoms with Crippen LogP contribution in [0.3, 0.4) is 0 Å². The predicted octanol–water partition coefficient (Wildman–Crippen LogP) is 5.15. The van der Waals surface area contributed by atoms with Gasteiger partial charge in [0.2, 0.25) is 0 Å². The molecule has 0 amide bonds. The third-order valence-corrected chi connectivity index (χ3v) is 3.67. The van der Waals surface area contributed by atoms with E-state index in [9.17, 15) is 22.4 Å². The third-order valence-electron chi connectivity index (χ3n) is 2.98. The smallest absolute Gasteiger partial charge is 0.289 e. The molecule has 0 N–H and O–H groups in total. The van der Waals surface area contributed by atoms with Crippen LogP contribution in [0.4, 0.5) is 17.6 Å². The summed E-state index contributed by atoms with van der Waals surface area (Å²) in [6.07, 6.45) is -4.58. The molecule has 0 unspecified atom stereocenters. The Morgan fingerprint density at radius 1 is 1.10 bits per heavy atom. The predicted molar refractivity (Wildman–Crippen MR) is 73.7 cm³/mol. The lowest BCUT2D eigenvalue weighted by Gasteiger charge is -2.11. The van der Waals surface area contributed by atoms with Crippen molar-refractivity contribution in [2.24, 2.45) is 0 Å². The number of carbonyl (C=O) groups excluding carboxylic acids is 1. The van der Waals surface area contributed by atoms with E-state index in [1.165, 1.54) is 18.2 Å². The summed E-state index contributed by atoms with van der Waals surface area (Å²) < 4.78 is 51.6. The van der Waals surface area contributed by atoms with Gasteiger partial charge >= 0.3 is 6.18 Å². The van der Waals surface area contributed by atoms with Crippen LogP contribution in [0.5, 0.6) is 0 Å². The molecule has 0 fully saturated rings. The quantitative estimate of drug-likeness (QED) is 0.534. The molecule has 0 aliphatic rings. The molecule has 0 atom stereocenters. The summed E-state index contributed by atoms with van der Waals surface area (Å²) in [5, 5.41) is 0. The number of alkyl halides is 3. The number of rotatable bonds is 2.